The van der Waals surface area contributed by atoms with Crippen LogP contribution in [0.5, 0.6) is 0 Å². The third-order valence-electron chi connectivity index (χ3n) is 6.99. The summed E-state index contributed by atoms with van der Waals surface area (Å²) in [5, 5.41) is 0. The normalized spacial score (nSPS) is 55.3. The lowest BCUT2D eigenvalue weighted by Gasteiger charge is -2.60. The first kappa shape index (κ1) is 16.3. The fourth-order valence-corrected chi connectivity index (χ4v) is 5.63. The summed E-state index contributed by atoms with van der Waals surface area (Å²) >= 11 is 0. The molecule has 0 aromatic heterocycles. The Morgan fingerprint density at radius 3 is 2.70 bits per heavy atom. The van der Waals surface area contributed by atoms with Crippen LogP contribution in [0.2, 0.25) is 0 Å². The zero-order valence-corrected chi connectivity index (χ0v) is 14.6. The van der Waals surface area contributed by atoms with E-state index >= 15 is 0 Å². The molecule has 0 radical (unpaired) electrons. The SMILES string of the molecule is C[C@H]1[C@@H](CCCN)O[C@@H]2O[C@@]3(C)CC[C@H]4[C@H](C)CC[C@@H]1[C@@]24OO3. The molecular weight excluding hydrogens is 294 g/mol. The minimum absolute atomic E-state index is 0.208. The Hall–Kier alpha value is -0.200. The molecule has 8 atom stereocenters. The maximum absolute atomic E-state index is 6.48. The van der Waals surface area contributed by atoms with Gasteiger partial charge in [-0.1, -0.05) is 13.8 Å². The number of hydrogen-bond donors (Lipinski definition) is 1. The van der Waals surface area contributed by atoms with Crippen molar-refractivity contribution < 1.29 is 19.2 Å². The molecule has 0 amide bonds. The Morgan fingerprint density at radius 1 is 1.09 bits per heavy atom. The van der Waals surface area contributed by atoms with Crippen LogP contribution in [0.4, 0.5) is 0 Å². The van der Waals surface area contributed by atoms with Crippen molar-refractivity contribution in [1.82, 2.24) is 0 Å². The van der Waals surface area contributed by atoms with E-state index in [1.165, 1.54) is 12.8 Å². The molecule has 4 heterocycles. The molecule has 0 aromatic rings. The topological polar surface area (TPSA) is 62.9 Å². The quantitative estimate of drug-likeness (QED) is 0.808. The van der Waals surface area contributed by atoms with Crippen molar-refractivity contribution >= 4 is 0 Å². The van der Waals surface area contributed by atoms with E-state index in [9.17, 15) is 0 Å². The monoisotopic (exact) mass is 325 g/mol. The van der Waals surface area contributed by atoms with E-state index in [2.05, 4.69) is 13.8 Å². The van der Waals surface area contributed by atoms with Crippen molar-refractivity contribution in [3.63, 3.8) is 0 Å². The van der Waals surface area contributed by atoms with Crippen molar-refractivity contribution in [3.05, 3.63) is 0 Å². The van der Waals surface area contributed by atoms with Gasteiger partial charge in [0.25, 0.3) is 0 Å². The van der Waals surface area contributed by atoms with Gasteiger partial charge in [-0.25, -0.2) is 9.78 Å². The van der Waals surface area contributed by atoms with Crippen LogP contribution in [0.25, 0.3) is 0 Å². The molecule has 1 aliphatic carbocycles. The molecular formula is C18H31NO4. The van der Waals surface area contributed by atoms with Crippen LogP contribution >= 0.6 is 0 Å². The third-order valence-corrected chi connectivity index (χ3v) is 6.99. The van der Waals surface area contributed by atoms with Crippen molar-refractivity contribution in [2.75, 3.05) is 6.54 Å². The molecule has 1 saturated carbocycles. The number of rotatable bonds is 3. The Kier molecular flexibility index (Phi) is 4.01. The highest BCUT2D eigenvalue weighted by Gasteiger charge is 2.69. The first-order valence-electron chi connectivity index (χ1n) is 9.40. The van der Waals surface area contributed by atoms with Crippen LogP contribution in [0, 0.1) is 23.7 Å². The summed E-state index contributed by atoms with van der Waals surface area (Å²) in [5.74, 6) is 1.29. The molecule has 5 heteroatoms. The summed E-state index contributed by atoms with van der Waals surface area (Å²) in [6, 6.07) is 0. The standard InChI is InChI=1S/C18H31NO4/c1-11-6-7-14-12(2)15(5-4-10-19)20-16-18(14)13(11)8-9-17(3,21-16)22-23-18/h11-16H,4-10,19H2,1-3H3/t11-,12-,13+,14+,15-,16-,17-,18-/m1/s1. The number of nitrogens with two attached hydrogens (primary N) is 1. The molecule has 1 spiro atoms. The summed E-state index contributed by atoms with van der Waals surface area (Å²) in [7, 11) is 0. The fourth-order valence-electron chi connectivity index (χ4n) is 5.63. The van der Waals surface area contributed by atoms with Crippen LogP contribution in [0.3, 0.4) is 0 Å². The van der Waals surface area contributed by atoms with E-state index in [0.29, 0.717) is 30.2 Å². The van der Waals surface area contributed by atoms with Gasteiger partial charge >= 0.3 is 0 Å². The van der Waals surface area contributed by atoms with E-state index in [1.54, 1.807) is 0 Å². The van der Waals surface area contributed by atoms with Gasteiger partial charge in [-0.05, 0) is 63.3 Å². The molecule has 23 heavy (non-hydrogen) atoms. The second-order valence-electron chi connectivity index (χ2n) is 8.37. The maximum atomic E-state index is 6.48. The Balaban J connectivity index is 1.70. The molecule has 5 rings (SSSR count). The molecule has 5 fully saturated rings. The van der Waals surface area contributed by atoms with E-state index in [4.69, 9.17) is 25.0 Å². The third kappa shape index (κ3) is 2.31. The Labute approximate surface area is 139 Å². The predicted octanol–water partition coefficient (Wildman–Crippen LogP) is 2.98. The second kappa shape index (κ2) is 5.67. The molecule has 132 valence electrons. The summed E-state index contributed by atoms with van der Waals surface area (Å²) < 4.78 is 12.8. The van der Waals surface area contributed by atoms with Crippen LogP contribution in [-0.4, -0.2) is 30.3 Å². The summed E-state index contributed by atoms with van der Waals surface area (Å²) in [5.41, 5.74) is 5.29. The van der Waals surface area contributed by atoms with E-state index in [0.717, 1.165) is 25.7 Å². The molecule has 2 N–H and O–H groups in total. The number of fused-ring (bicyclic) bond motifs is 2. The number of ether oxygens (including phenoxy) is 2. The highest BCUT2D eigenvalue weighted by Crippen LogP contribution is 2.60. The lowest BCUT2D eigenvalue weighted by atomic mass is 9.57. The minimum Gasteiger partial charge on any atom is -0.346 e. The maximum Gasteiger partial charge on any atom is 0.201 e. The van der Waals surface area contributed by atoms with Crippen LogP contribution in [0.1, 0.15) is 59.3 Å². The zero-order chi connectivity index (χ0) is 16.2. The van der Waals surface area contributed by atoms with Gasteiger partial charge in [-0.15, -0.1) is 0 Å². The predicted molar refractivity (Wildman–Crippen MR) is 85.1 cm³/mol. The van der Waals surface area contributed by atoms with Crippen molar-refractivity contribution in [1.29, 1.82) is 0 Å². The average Bonchev–Trinajstić information content (AvgIpc) is 2.76. The van der Waals surface area contributed by atoms with Crippen molar-refractivity contribution in [2.45, 2.75) is 83.1 Å². The highest BCUT2D eigenvalue weighted by atomic mass is 17.3. The molecule has 2 bridgehead atoms. The Bertz CT molecular complexity index is 460. The Morgan fingerprint density at radius 2 is 1.91 bits per heavy atom. The molecule has 4 aliphatic heterocycles. The minimum atomic E-state index is -0.670. The molecule has 5 aliphatic rings. The first-order chi connectivity index (χ1) is 11.0. The van der Waals surface area contributed by atoms with Gasteiger partial charge in [-0.3, -0.25) is 0 Å². The van der Waals surface area contributed by atoms with Gasteiger partial charge in [0.2, 0.25) is 5.79 Å². The highest BCUT2D eigenvalue weighted by molar-refractivity contribution is 5.09. The molecule has 5 nitrogen and oxygen atoms in total. The lowest BCUT2D eigenvalue weighted by Crippen LogP contribution is -2.70. The van der Waals surface area contributed by atoms with Crippen LogP contribution in [0.15, 0.2) is 0 Å². The second-order valence-corrected chi connectivity index (χ2v) is 8.37. The van der Waals surface area contributed by atoms with E-state index in [-0.39, 0.29) is 12.4 Å². The first-order valence-corrected chi connectivity index (χ1v) is 9.40. The van der Waals surface area contributed by atoms with Crippen LogP contribution in [-0.2, 0) is 19.2 Å². The van der Waals surface area contributed by atoms with Crippen molar-refractivity contribution in [3.8, 4) is 0 Å². The zero-order valence-electron chi connectivity index (χ0n) is 14.6. The van der Waals surface area contributed by atoms with Crippen LogP contribution < -0.4 is 5.73 Å². The molecule has 0 unspecified atom stereocenters. The van der Waals surface area contributed by atoms with Gasteiger partial charge in [0.15, 0.2) is 11.9 Å². The van der Waals surface area contributed by atoms with E-state index in [1.807, 2.05) is 6.92 Å². The van der Waals surface area contributed by atoms with Gasteiger partial charge < -0.3 is 15.2 Å². The average molecular weight is 325 g/mol. The number of hydrogen-bond acceptors (Lipinski definition) is 5. The molecule has 4 saturated heterocycles. The fraction of sp³-hybridized carbons (Fsp3) is 1.00. The van der Waals surface area contributed by atoms with Gasteiger partial charge in [0.05, 0.1) is 6.10 Å². The molecule has 0 aromatic carbocycles. The van der Waals surface area contributed by atoms with Gasteiger partial charge in [-0.2, -0.15) is 0 Å². The lowest BCUT2D eigenvalue weighted by molar-refractivity contribution is -0.571. The largest absolute Gasteiger partial charge is 0.346 e. The summed E-state index contributed by atoms with van der Waals surface area (Å²) in [4.78, 5) is 12.0. The van der Waals surface area contributed by atoms with Crippen molar-refractivity contribution in [2.24, 2.45) is 29.4 Å². The van der Waals surface area contributed by atoms with Gasteiger partial charge in [0, 0.05) is 12.3 Å². The smallest absolute Gasteiger partial charge is 0.201 e. The summed E-state index contributed by atoms with van der Waals surface area (Å²) in [6.07, 6.45) is 6.30. The van der Waals surface area contributed by atoms with Gasteiger partial charge in [0.1, 0.15) is 0 Å². The van der Waals surface area contributed by atoms with E-state index < -0.39 is 11.4 Å². The summed E-state index contributed by atoms with van der Waals surface area (Å²) in [6.45, 7) is 7.35.